The molecule has 0 aromatic heterocycles. The van der Waals surface area contributed by atoms with Crippen LogP contribution in [-0.2, 0) is 23.1 Å². The number of carbonyl (C=O) groups is 1. The van der Waals surface area contributed by atoms with E-state index >= 15 is 0 Å². The van der Waals surface area contributed by atoms with E-state index in [0.29, 0.717) is 19.8 Å². The normalized spacial score (nSPS) is 28.7. The molecule has 20 heavy (non-hydrogen) atoms. The molecule has 0 aliphatic carbocycles. The molecule has 0 N–H and O–H groups in total. The first-order valence-corrected chi connectivity index (χ1v) is 7.44. The van der Waals surface area contributed by atoms with Crippen LogP contribution < -0.4 is 0 Å². The highest BCUT2D eigenvalue weighted by Crippen LogP contribution is 2.53. The van der Waals surface area contributed by atoms with Gasteiger partial charge in [0.1, 0.15) is 6.61 Å². The minimum Gasteiger partial charge on any atom is -0.462 e. The van der Waals surface area contributed by atoms with Crippen LogP contribution in [0.25, 0.3) is 6.08 Å². The van der Waals surface area contributed by atoms with Crippen LogP contribution >= 0.6 is 8.60 Å². The molecule has 5 nitrogen and oxygen atoms in total. The van der Waals surface area contributed by atoms with Crippen molar-refractivity contribution in [2.45, 2.75) is 0 Å². The van der Waals surface area contributed by atoms with Gasteiger partial charge in [0, 0.05) is 6.08 Å². The molecule has 0 amide bonds. The monoisotopic (exact) mass is 294 g/mol. The summed E-state index contributed by atoms with van der Waals surface area (Å²) >= 11 is 0. The van der Waals surface area contributed by atoms with Gasteiger partial charge in [-0.2, -0.15) is 0 Å². The molecule has 0 spiro atoms. The molecular weight excluding hydrogens is 279 g/mol. The maximum absolute atomic E-state index is 11.7. The number of hydrogen-bond acceptors (Lipinski definition) is 5. The van der Waals surface area contributed by atoms with Crippen LogP contribution in [0.5, 0.6) is 0 Å². The highest BCUT2D eigenvalue weighted by molar-refractivity contribution is 7.41. The van der Waals surface area contributed by atoms with Crippen molar-refractivity contribution in [1.29, 1.82) is 0 Å². The molecule has 106 valence electrons. The molecule has 4 rings (SSSR count). The van der Waals surface area contributed by atoms with Crippen molar-refractivity contribution in [3.8, 4) is 0 Å². The standard InChI is InChI=1S/C14H15O5P/c15-13(7-6-12-4-2-1-3-5-12)16-8-14-9-17-20(18-10-14)19-11-14/h1-7H,8-11H2. The second-order valence-electron chi connectivity index (χ2n) is 4.90. The van der Waals surface area contributed by atoms with Crippen molar-refractivity contribution >= 4 is 20.6 Å². The highest BCUT2D eigenvalue weighted by Gasteiger charge is 2.45. The van der Waals surface area contributed by atoms with E-state index in [2.05, 4.69) is 0 Å². The summed E-state index contributed by atoms with van der Waals surface area (Å²) in [7, 11) is -1.15. The van der Waals surface area contributed by atoms with Crippen LogP contribution in [0.15, 0.2) is 36.4 Å². The van der Waals surface area contributed by atoms with Gasteiger partial charge in [-0.05, 0) is 11.6 Å². The SMILES string of the molecule is O=C(C=Cc1ccccc1)OCC12COP(OC1)OC2. The van der Waals surface area contributed by atoms with Gasteiger partial charge in [0.15, 0.2) is 0 Å². The van der Waals surface area contributed by atoms with Crippen LogP contribution in [0.4, 0.5) is 0 Å². The topological polar surface area (TPSA) is 54.0 Å². The summed E-state index contributed by atoms with van der Waals surface area (Å²) < 4.78 is 21.3. The first-order valence-electron chi connectivity index (χ1n) is 6.35. The molecule has 3 aliphatic rings. The summed E-state index contributed by atoms with van der Waals surface area (Å²) in [4.78, 5) is 11.7. The van der Waals surface area contributed by atoms with E-state index < -0.39 is 8.60 Å². The number of fused-ring (bicyclic) bond motifs is 3. The average molecular weight is 294 g/mol. The van der Waals surface area contributed by atoms with Gasteiger partial charge in [0.25, 0.3) is 0 Å². The van der Waals surface area contributed by atoms with Crippen LogP contribution in [0.1, 0.15) is 5.56 Å². The molecule has 3 heterocycles. The summed E-state index contributed by atoms with van der Waals surface area (Å²) in [6, 6.07) is 9.59. The first-order chi connectivity index (χ1) is 9.76. The van der Waals surface area contributed by atoms with Crippen LogP contribution in [0, 0.1) is 5.41 Å². The Balaban J connectivity index is 1.51. The van der Waals surface area contributed by atoms with E-state index in [4.69, 9.17) is 18.3 Å². The zero-order valence-corrected chi connectivity index (χ0v) is 11.8. The minimum atomic E-state index is -1.15. The lowest BCUT2D eigenvalue weighted by Crippen LogP contribution is -2.47. The molecule has 0 radical (unpaired) electrons. The fourth-order valence-corrected chi connectivity index (χ4v) is 3.29. The fraction of sp³-hybridized carbons (Fsp3) is 0.357. The molecule has 1 aromatic carbocycles. The molecule has 0 unspecified atom stereocenters. The number of carbonyl (C=O) groups excluding carboxylic acids is 1. The molecule has 0 saturated carbocycles. The fourth-order valence-electron chi connectivity index (χ4n) is 1.93. The Morgan fingerprint density at radius 3 is 2.50 bits per heavy atom. The van der Waals surface area contributed by atoms with Crippen molar-refractivity contribution in [3.63, 3.8) is 0 Å². The molecule has 1 aromatic rings. The smallest absolute Gasteiger partial charge is 0.332 e. The quantitative estimate of drug-likeness (QED) is 0.485. The molecule has 3 fully saturated rings. The van der Waals surface area contributed by atoms with Gasteiger partial charge in [-0.15, -0.1) is 0 Å². The lowest BCUT2D eigenvalue weighted by Gasteiger charge is -2.43. The Kier molecular flexibility index (Phi) is 4.13. The van der Waals surface area contributed by atoms with Gasteiger partial charge < -0.3 is 18.3 Å². The number of ether oxygens (including phenoxy) is 1. The Morgan fingerprint density at radius 2 is 1.85 bits per heavy atom. The number of rotatable bonds is 4. The molecule has 0 atom stereocenters. The van der Waals surface area contributed by atoms with E-state index in [9.17, 15) is 4.79 Å². The van der Waals surface area contributed by atoms with E-state index in [-0.39, 0.29) is 18.0 Å². The molecule has 3 saturated heterocycles. The van der Waals surface area contributed by atoms with Crippen molar-refractivity contribution in [3.05, 3.63) is 42.0 Å². The molecule has 6 heteroatoms. The first kappa shape index (κ1) is 13.7. The summed E-state index contributed by atoms with van der Waals surface area (Å²) in [6.07, 6.45) is 3.15. The third-order valence-corrected chi connectivity index (χ3v) is 4.18. The Morgan fingerprint density at radius 1 is 1.20 bits per heavy atom. The van der Waals surface area contributed by atoms with Gasteiger partial charge in [-0.1, -0.05) is 30.3 Å². The summed E-state index contributed by atoms with van der Waals surface area (Å²) in [5, 5.41) is 0. The second-order valence-corrected chi connectivity index (χ2v) is 6.12. The third-order valence-electron chi connectivity index (χ3n) is 3.16. The van der Waals surface area contributed by atoms with Crippen LogP contribution in [0.3, 0.4) is 0 Å². The average Bonchev–Trinajstić information content (AvgIpc) is 2.54. The number of benzene rings is 1. The minimum absolute atomic E-state index is 0.244. The Labute approximate surface area is 118 Å². The lowest BCUT2D eigenvalue weighted by molar-refractivity contribution is -0.151. The largest absolute Gasteiger partial charge is 0.462 e. The third kappa shape index (κ3) is 3.25. The van der Waals surface area contributed by atoms with E-state index in [0.717, 1.165) is 5.56 Å². The number of hydrogen-bond donors (Lipinski definition) is 0. The van der Waals surface area contributed by atoms with Gasteiger partial charge in [0.05, 0.1) is 25.2 Å². The van der Waals surface area contributed by atoms with Gasteiger partial charge in [0.2, 0.25) is 0 Å². The summed E-state index contributed by atoms with van der Waals surface area (Å²) in [6.45, 7) is 1.81. The predicted octanol–water partition coefficient (Wildman–Crippen LogP) is 2.53. The predicted molar refractivity (Wildman–Crippen MR) is 73.6 cm³/mol. The number of esters is 1. The Hall–Kier alpha value is -1.26. The van der Waals surface area contributed by atoms with Crippen molar-refractivity contribution in [2.24, 2.45) is 5.41 Å². The van der Waals surface area contributed by atoms with Crippen molar-refractivity contribution in [1.82, 2.24) is 0 Å². The molecular formula is C14H15O5P. The molecule has 3 aliphatic heterocycles. The van der Waals surface area contributed by atoms with Gasteiger partial charge in [-0.25, -0.2) is 4.79 Å². The summed E-state index contributed by atoms with van der Waals surface area (Å²) in [5.74, 6) is -0.373. The zero-order chi connectivity index (χ0) is 13.8. The maximum atomic E-state index is 11.7. The van der Waals surface area contributed by atoms with E-state index in [1.165, 1.54) is 6.08 Å². The van der Waals surface area contributed by atoms with Crippen LogP contribution in [0.2, 0.25) is 0 Å². The van der Waals surface area contributed by atoms with Crippen molar-refractivity contribution < 1.29 is 23.1 Å². The zero-order valence-electron chi connectivity index (χ0n) is 10.9. The van der Waals surface area contributed by atoms with E-state index in [1.807, 2.05) is 30.3 Å². The molecule has 2 bridgehead atoms. The van der Waals surface area contributed by atoms with E-state index in [1.54, 1.807) is 6.08 Å². The summed E-state index contributed by atoms with van der Waals surface area (Å²) in [5.41, 5.74) is 0.603. The van der Waals surface area contributed by atoms with Gasteiger partial charge >= 0.3 is 14.6 Å². The highest BCUT2D eigenvalue weighted by atomic mass is 31.2. The van der Waals surface area contributed by atoms with Crippen molar-refractivity contribution in [2.75, 3.05) is 26.4 Å². The Bertz CT molecular complexity index is 480. The second kappa shape index (κ2) is 6.02. The van der Waals surface area contributed by atoms with Gasteiger partial charge in [-0.3, -0.25) is 0 Å². The van der Waals surface area contributed by atoms with Crippen LogP contribution in [-0.4, -0.2) is 32.4 Å². The lowest BCUT2D eigenvalue weighted by atomic mass is 9.92. The maximum Gasteiger partial charge on any atom is 0.332 e.